The van der Waals surface area contributed by atoms with Gasteiger partial charge in [0.2, 0.25) is 0 Å². The fraction of sp³-hybridized carbons (Fsp3) is 0.111. The molecule has 0 aliphatic carbocycles. The molecule has 0 aliphatic heterocycles. The van der Waals surface area contributed by atoms with Crippen molar-refractivity contribution in [2.45, 2.75) is 12.5 Å². The number of aliphatic hydroxyl groups is 1. The Hall–Kier alpha value is -3.52. The molecule has 0 fully saturated rings. The molecular formula is C18H16O8. The van der Waals surface area contributed by atoms with Gasteiger partial charge in [0.1, 0.15) is 0 Å². The Labute approximate surface area is 147 Å². The van der Waals surface area contributed by atoms with Crippen molar-refractivity contribution in [3.8, 4) is 23.0 Å². The first-order valence-electron chi connectivity index (χ1n) is 7.31. The SMILES string of the molecule is CC(O)(C(=O)O)c1ccc(O)c(O)c1C(=O)C=Cc1ccc(O)c(O)c1. The number of carbonyl (C=O) groups is 2. The second kappa shape index (κ2) is 6.77. The summed E-state index contributed by atoms with van der Waals surface area (Å²) in [6.07, 6.45) is 2.20. The van der Waals surface area contributed by atoms with E-state index in [1.54, 1.807) is 0 Å². The van der Waals surface area contributed by atoms with Crippen LogP contribution in [0, 0.1) is 0 Å². The summed E-state index contributed by atoms with van der Waals surface area (Å²) in [6.45, 7) is 0.930. The Morgan fingerprint density at radius 2 is 1.58 bits per heavy atom. The highest BCUT2D eigenvalue weighted by molar-refractivity contribution is 6.11. The summed E-state index contributed by atoms with van der Waals surface area (Å²) in [5.41, 5.74) is -3.12. The number of carbonyl (C=O) groups excluding carboxylic acids is 1. The first-order valence-corrected chi connectivity index (χ1v) is 7.31. The van der Waals surface area contributed by atoms with E-state index in [9.17, 15) is 35.1 Å². The Morgan fingerprint density at radius 3 is 2.15 bits per heavy atom. The van der Waals surface area contributed by atoms with Gasteiger partial charge in [-0.2, -0.15) is 0 Å². The lowest BCUT2D eigenvalue weighted by Crippen LogP contribution is -2.33. The third-order valence-corrected chi connectivity index (χ3v) is 3.77. The maximum absolute atomic E-state index is 12.5. The van der Waals surface area contributed by atoms with E-state index in [-0.39, 0.29) is 5.75 Å². The molecule has 1 unspecified atom stereocenters. The molecule has 2 rings (SSSR count). The normalized spacial score (nSPS) is 13.5. The zero-order chi connectivity index (χ0) is 19.6. The number of phenols is 4. The van der Waals surface area contributed by atoms with E-state index in [0.29, 0.717) is 5.56 Å². The van der Waals surface area contributed by atoms with Crippen LogP contribution in [-0.2, 0) is 10.4 Å². The van der Waals surface area contributed by atoms with Crippen LogP contribution in [-0.4, -0.2) is 42.4 Å². The number of aliphatic carboxylic acids is 1. The lowest BCUT2D eigenvalue weighted by Gasteiger charge is -2.21. The van der Waals surface area contributed by atoms with Crippen molar-refractivity contribution in [3.05, 3.63) is 53.1 Å². The van der Waals surface area contributed by atoms with Gasteiger partial charge in [-0.3, -0.25) is 4.79 Å². The predicted octanol–water partition coefficient (Wildman–Crippen LogP) is 1.70. The van der Waals surface area contributed by atoms with E-state index >= 15 is 0 Å². The van der Waals surface area contributed by atoms with E-state index in [1.165, 1.54) is 24.3 Å². The number of phenolic OH excluding ortho intramolecular Hbond substituents is 4. The molecule has 0 aromatic heterocycles. The van der Waals surface area contributed by atoms with E-state index in [4.69, 9.17) is 5.11 Å². The molecule has 6 N–H and O–H groups in total. The molecule has 1 atom stereocenters. The summed E-state index contributed by atoms with van der Waals surface area (Å²) in [5, 5.41) is 57.6. The zero-order valence-electron chi connectivity index (χ0n) is 13.5. The summed E-state index contributed by atoms with van der Waals surface area (Å²) in [6, 6.07) is 5.76. The molecule has 136 valence electrons. The first kappa shape index (κ1) is 18.8. The highest BCUT2D eigenvalue weighted by Gasteiger charge is 2.37. The average Bonchev–Trinajstić information content (AvgIpc) is 2.57. The predicted molar refractivity (Wildman–Crippen MR) is 90.1 cm³/mol. The van der Waals surface area contributed by atoms with Crippen molar-refractivity contribution >= 4 is 17.8 Å². The molecule has 8 nitrogen and oxygen atoms in total. The van der Waals surface area contributed by atoms with Gasteiger partial charge in [-0.25, -0.2) is 4.79 Å². The van der Waals surface area contributed by atoms with Crippen molar-refractivity contribution in [1.82, 2.24) is 0 Å². The number of hydrogen-bond acceptors (Lipinski definition) is 7. The monoisotopic (exact) mass is 360 g/mol. The van der Waals surface area contributed by atoms with E-state index in [0.717, 1.165) is 25.1 Å². The Balaban J connectivity index is 2.51. The van der Waals surface area contributed by atoms with E-state index in [1.807, 2.05) is 0 Å². The van der Waals surface area contributed by atoms with Gasteiger partial charge in [-0.1, -0.05) is 18.2 Å². The molecule has 2 aromatic carbocycles. The van der Waals surface area contributed by atoms with Crippen LogP contribution in [0.15, 0.2) is 36.4 Å². The maximum Gasteiger partial charge on any atom is 0.340 e. The molecule has 26 heavy (non-hydrogen) atoms. The molecule has 0 aliphatic rings. The number of ketones is 1. The van der Waals surface area contributed by atoms with Crippen molar-refractivity contribution in [1.29, 1.82) is 0 Å². The van der Waals surface area contributed by atoms with Crippen LogP contribution in [0.4, 0.5) is 0 Å². The largest absolute Gasteiger partial charge is 0.504 e. The third kappa shape index (κ3) is 3.45. The van der Waals surface area contributed by atoms with Gasteiger partial charge in [-0.15, -0.1) is 0 Å². The Bertz CT molecular complexity index is 912. The number of benzene rings is 2. The minimum Gasteiger partial charge on any atom is -0.504 e. The molecule has 8 heteroatoms. The topological polar surface area (TPSA) is 156 Å². The first-order chi connectivity index (χ1) is 12.1. The Kier molecular flexibility index (Phi) is 4.90. The molecule has 0 amide bonds. The second-order valence-electron chi connectivity index (χ2n) is 5.68. The molecule has 0 heterocycles. The fourth-order valence-corrected chi connectivity index (χ4v) is 2.25. The summed E-state index contributed by atoms with van der Waals surface area (Å²) >= 11 is 0. The van der Waals surface area contributed by atoms with Crippen LogP contribution in [0.2, 0.25) is 0 Å². The van der Waals surface area contributed by atoms with Crippen LogP contribution in [0.1, 0.15) is 28.4 Å². The zero-order valence-corrected chi connectivity index (χ0v) is 13.5. The molecule has 2 aromatic rings. The van der Waals surface area contributed by atoms with Crippen molar-refractivity contribution in [2.75, 3.05) is 0 Å². The van der Waals surface area contributed by atoms with Crippen molar-refractivity contribution in [2.24, 2.45) is 0 Å². The minimum atomic E-state index is -2.49. The number of carboxylic acids is 1. The quantitative estimate of drug-likeness (QED) is 0.267. The van der Waals surface area contributed by atoms with Crippen LogP contribution in [0.5, 0.6) is 23.0 Å². The third-order valence-electron chi connectivity index (χ3n) is 3.77. The summed E-state index contributed by atoms with van der Waals surface area (Å²) in [7, 11) is 0. The second-order valence-corrected chi connectivity index (χ2v) is 5.68. The smallest absolute Gasteiger partial charge is 0.340 e. The van der Waals surface area contributed by atoms with Crippen molar-refractivity contribution < 1.29 is 40.2 Å². The highest BCUT2D eigenvalue weighted by Crippen LogP contribution is 2.37. The van der Waals surface area contributed by atoms with E-state index in [2.05, 4.69) is 0 Å². The van der Waals surface area contributed by atoms with Gasteiger partial charge in [0, 0.05) is 5.56 Å². The minimum absolute atomic E-state index is 0.333. The molecule has 0 bridgehead atoms. The molecule has 0 saturated heterocycles. The van der Waals surface area contributed by atoms with Gasteiger partial charge in [0.25, 0.3) is 0 Å². The number of carboxylic acid groups (broad SMARTS) is 1. The van der Waals surface area contributed by atoms with Gasteiger partial charge in [0.05, 0.1) is 5.56 Å². The molecule has 0 saturated carbocycles. The summed E-state index contributed by atoms with van der Waals surface area (Å²) in [4.78, 5) is 23.7. The molecular weight excluding hydrogens is 344 g/mol. The number of rotatable bonds is 5. The molecule has 0 spiro atoms. The molecule has 0 radical (unpaired) electrons. The summed E-state index contributed by atoms with van der Waals surface area (Å²) < 4.78 is 0. The lowest BCUT2D eigenvalue weighted by molar-refractivity contribution is -0.157. The lowest BCUT2D eigenvalue weighted by atomic mass is 9.88. The fourth-order valence-electron chi connectivity index (χ4n) is 2.25. The Morgan fingerprint density at radius 1 is 0.962 bits per heavy atom. The number of aromatic hydroxyl groups is 4. The van der Waals surface area contributed by atoms with Crippen molar-refractivity contribution in [3.63, 3.8) is 0 Å². The van der Waals surface area contributed by atoms with Crippen LogP contribution < -0.4 is 0 Å². The average molecular weight is 360 g/mol. The van der Waals surface area contributed by atoms with Gasteiger partial charge < -0.3 is 30.6 Å². The van der Waals surface area contributed by atoms with Gasteiger partial charge >= 0.3 is 5.97 Å². The van der Waals surface area contributed by atoms with Crippen LogP contribution >= 0.6 is 0 Å². The summed E-state index contributed by atoms with van der Waals surface area (Å²) in [5.74, 6) is -4.82. The van der Waals surface area contributed by atoms with Crippen LogP contribution in [0.25, 0.3) is 6.08 Å². The van der Waals surface area contributed by atoms with E-state index < -0.39 is 45.7 Å². The van der Waals surface area contributed by atoms with Gasteiger partial charge in [0.15, 0.2) is 34.4 Å². The van der Waals surface area contributed by atoms with Gasteiger partial charge in [-0.05, 0) is 36.8 Å². The number of allylic oxidation sites excluding steroid dienone is 1. The van der Waals surface area contributed by atoms with Crippen LogP contribution in [0.3, 0.4) is 0 Å². The standard InChI is InChI=1S/C18H16O8/c1-18(26,17(24)25)10-4-7-13(21)16(23)15(10)12(20)6-3-9-2-5-11(19)14(22)8-9/h2-8,19,21-23,26H,1H3,(H,24,25). The maximum atomic E-state index is 12.5. The number of hydrogen-bond donors (Lipinski definition) is 6. The highest BCUT2D eigenvalue weighted by atomic mass is 16.4.